The molecule has 0 aliphatic carbocycles. The Morgan fingerprint density at radius 1 is 0.962 bits per heavy atom. The first-order chi connectivity index (χ1) is 12.5. The number of halogens is 2. The number of nitrogens with one attached hydrogen (secondary N) is 1. The Kier molecular flexibility index (Phi) is 5.69. The number of hydrogen-bond donors (Lipinski definition) is 1. The molecule has 0 aromatic heterocycles. The van der Waals surface area contributed by atoms with Gasteiger partial charge in [0.15, 0.2) is 5.78 Å². The van der Waals surface area contributed by atoms with Crippen molar-refractivity contribution in [1.29, 1.82) is 0 Å². The Morgan fingerprint density at radius 3 is 2.19 bits per heavy atom. The van der Waals surface area contributed by atoms with Crippen molar-refractivity contribution >= 4 is 23.1 Å². The molecule has 0 amide bonds. The van der Waals surface area contributed by atoms with Crippen LogP contribution in [0.15, 0.2) is 72.8 Å². The molecule has 0 aliphatic heterocycles. The van der Waals surface area contributed by atoms with Crippen LogP contribution in [-0.2, 0) is 0 Å². The summed E-state index contributed by atoms with van der Waals surface area (Å²) in [6.07, 6.45) is 0.251. The van der Waals surface area contributed by atoms with Gasteiger partial charge < -0.3 is 5.32 Å². The number of hydrogen-bond acceptors (Lipinski definition) is 2. The monoisotopic (exact) mass is 367 g/mol. The molecule has 1 unspecified atom stereocenters. The maximum absolute atomic E-state index is 13.1. The van der Waals surface area contributed by atoms with Crippen molar-refractivity contribution < 1.29 is 9.18 Å². The van der Waals surface area contributed by atoms with Gasteiger partial charge >= 0.3 is 0 Å². The molecule has 3 aromatic carbocycles. The number of carbonyl (C=O) groups is 1. The lowest BCUT2D eigenvalue weighted by molar-refractivity contribution is 0.0976. The lowest BCUT2D eigenvalue weighted by Crippen LogP contribution is -2.16. The van der Waals surface area contributed by atoms with Gasteiger partial charge in [0, 0.05) is 22.7 Å². The van der Waals surface area contributed by atoms with E-state index < -0.39 is 0 Å². The maximum atomic E-state index is 13.1. The number of aryl methyl sites for hydroxylation is 1. The Labute approximate surface area is 157 Å². The van der Waals surface area contributed by atoms with E-state index in [0.29, 0.717) is 10.6 Å². The van der Waals surface area contributed by atoms with Crippen molar-refractivity contribution in [3.63, 3.8) is 0 Å². The molecule has 0 saturated carbocycles. The highest BCUT2D eigenvalue weighted by atomic mass is 35.5. The Balaban J connectivity index is 1.84. The SMILES string of the molecule is Cc1ccc(NC(CC(=O)c2ccc(F)cc2)c2ccc(Cl)cc2)cc1. The predicted molar refractivity (Wildman–Crippen MR) is 104 cm³/mol. The fraction of sp³-hybridized carbons (Fsp3) is 0.136. The number of Topliss-reactive ketones (excluding diaryl/α,β-unsaturated/α-hetero) is 1. The summed E-state index contributed by atoms with van der Waals surface area (Å²) < 4.78 is 13.1. The van der Waals surface area contributed by atoms with E-state index in [9.17, 15) is 9.18 Å². The zero-order chi connectivity index (χ0) is 18.5. The molecule has 3 aromatic rings. The minimum Gasteiger partial charge on any atom is -0.378 e. The van der Waals surface area contributed by atoms with Crippen LogP contribution in [0, 0.1) is 12.7 Å². The van der Waals surface area contributed by atoms with Crippen LogP contribution in [0.1, 0.15) is 33.9 Å². The van der Waals surface area contributed by atoms with Gasteiger partial charge in [-0.05, 0) is 61.0 Å². The highest BCUT2D eigenvalue weighted by Crippen LogP contribution is 2.26. The summed E-state index contributed by atoms with van der Waals surface area (Å²) in [4.78, 5) is 12.7. The van der Waals surface area contributed by atoms with Crippen LogP contribution in [0.25, 0.3) is 0 Å². The molecule has 0 fully saturated rings. The molecule has 0 aliphatic rings. The van der Waals surface area contributed by atoms with Gasteiger partial charge in [0.25, 0.3) is 0 Å². The van der Waals surface area contributed by atoms with Crippen LogP contribution in [0.5, 0.6) is 0 Å². The Hall–Kier alpha value is -2.65. The Morgan fingerprint density at radius 2 is 1.58 bits per heavy atom. The van der Waals surface area contributed by atoms with Gasteiger partial charge in [0.1, 0.15) is 5.82 Å². The first-order valence-corrected chi connectivity index (χ1v) is 8.76. The Bertz CT molecular complexity index is 874. The molecule has 1 atom stereocenters. The molecule has 132 valence electrons. The lowest BCUT2D eigenvalue weighted by atomic mass is 9.97. The van der Waals surface area contributed by atoms with Gasteiger partial charge in [-0.3, -0.25) is 4.79 Å². The van der Waals surface area contributed by atoms with E-state index in [1.165, 1.54) is 29.8 Å². The third-order valence-electron chi connectivity index (χ3n) is 4.22. The van der Waals surface area contributed by atoms with Crippen molar-refractivity contribution in [3.05, 3.63) is 100 Å². The summed E-state index contributed by atoms with van der Waals surface area (Å²) >= 11 is 5.99. The fourth-order valence-electron chi connectivity index (χ4n) is 2.74. The van der Waals surface area contributed by atoms with Crippen LogP contribution < -0.4 is 5.32 Å². The number of rotatable bonds is 6. The smallest absolute Gasteiger partial charge is 0.165 e. The molecule has 0 saturated heterocycles. The quantitative estimate of drug-likeness (QED) is 0.524. The normalized spacial score (nSPS) is 11.8. The second kappa shape index (κ2) is 8.15. The largest absolute Gasteiger partial charge is 0.378 e. The first kappa shape index (κ1) is 18.2. The number of benzene rings is 3. The summed E-state index contributed by atoms with van der Waals surface area (Å²) in [6, 6.07) is 20.9. The molecule has 3 rings (SSSR count). The number of ketones is 1. The van der Waals surface area contributed by atoms with Crippen LogP contribution in [0.2, 0.25) is 5.02 Å². The average Bonchev–Trinajstić information content (AvgIpc) is 2.64. The summed E-state index contributed by atoms with van der Waals surface area (Å²) in [6.45, 7) is 2.03. The molecule has 26 heavy (non-hydrogen) atoms. The van der Waals surface area contributed by atoms with Crippen molar-refractivity contribution in [2.75, 3.05) is 5.32 Å². The topological polar surface area (TPSA) is 29.1 Å². The number of carbonyl (C=O) groups excluding carboxylic acids is 1. The molecule has 1 N–H and O–H groups in total. The minimum atomic E-state index is -0.353. The van der Waals surface area contributed by atoms with Crippen LogP contribution >= 0.6 is 11.6 Å². The third kappa shape index (κ3) is 4.70. The van der Waals surface area contributed by atoms with E-state index in [1.54, 1.807) is 0 Å². The van der Waals surface area contributed by atoms with E-state index in [4.69, 9.17) is 11.6 Å². The molecule has 0 spiro atoms. The molecular weight excluding hydrogens is 349 g/mol. The van der Waals surface area contributed by atoms with E-state index in [0.717, 1.165) is 11.3 Å². The zero-order valence-corrected chi connectivity index (χ0v) is 15.1. The molecule has 0 radical (unpaired) electrons. The molecule has 4 heteroatoms. The van der Waals surface area contributed by atoms with Gasteiger partial charge in [0.05, 0.1) is 6.04 Å². The summed E-state index contributed by atoms with van der Waals surface area (Å²) in [5, 5.41) is 4.06. The maximum Gasteiger partial charge on any atom is 0.165 e. The first-order valence-electron chi connectivity index (χ1n) is 8.39. The average molecular weight is 368 g/mol. The lowest BCUT2D eigenvalue weighted by Gasteiger charge is -2.20. The van der Waals surface area contributed by atoms with Crippen molar-refractivity contribution in [1.82, 2.24) is 0 Å². The van der Waals surface area contributed by atoms with Gasteiger partial charge in [0.2, 0.25) is 0 Å². The summed E-state index contributed by atoms with van der Waals surface area (Å²) in [5.74, 6) is -0.404. The zero-order valence-electron chi connectivity index (χ0n) is 14.4. The van der Waals surface area contributed by atoms with Gasteiger partial charge in [-0.15, -0.1) is 0 Å². The van der Waals surface area contributed by atoms with Crippen LogP contribution in [0.3, 0.4) is 0 Å². The molecule has 0 heterocycles. The highest BCUT2D eigenvalue weighted by molar-refractivity contribution is 6.30. The molecule has 2 nitrogen and oxygen atoms in total. The van der Waals surface area contributed by atoms with Crippen LogP contribution in [0.4, 0.5) is 10.1 Å². The molecule has 0 bridgehead atoms. The van der Waals surface area contributed by atoms with E-state index in [1.807, 2.05) is 55.5 Å². The predicted octanol–water partition coefficient (Wildman–Crippen LogP) is 6.21. The van der Waals surface area contributed by atoms with Gasteiger partial charge in [-0.2, -0.15) is 0 Å². The van der Waals surface area contributed by atoms with Crippen LogP contribution in [-0.4, -0.2) is 5.78 Å². The standard InChI is InChI=1S/C22H19ClFNO/c1-15-2-12-20(13-3-15)25-21(16-4-8-18(23)9-5-16)14-22(26)17-6-10-19(24)11-7-17/h2-13,21,25H,14H2,1H3. The number of anilines is 1. The summed E-state index contributed by atoms with van der Waals surface area (Å²) in [7, 11) is 0. The van der Waals surface area contributed by atoms with E-state index in [2.05, 4.69) is 5.32 Å². The second-order valence-corrected chi connectivity index (χ2v) is 6.69. The molecular formula is C22H19ClFNO. The van der Waals surface area contributed by atoms with Crippen molar-refractivity contribution in [3.8, 4) is 0 Å². The summed E-state index contributed by atoms with van der Waals surface area (Å²) in [5.41, 5.74) is 3.56. The second-order valence-electron chi connectivity index (χ2n) is 6.25. The van der Waals surface area contributed by atoms with Crippen molar-refractivity contribution in [2.24, 2.45) is 0 Å². The fourth-order valence-corrected chi connectivity index (χ4v) is 2.86. The van der Waals surface area contributed by atoms with E-state index in [-0.39, 0.29) is 24.1 Å². The van der Waals surface area contributed by atoms with E-state index >= 15 is 0 Å². The third-order valence-corrected chi connectivity index (χ3v) is 4.47. The minimum absolute atomic E-state index is 0.0513. The van der Waals surface area contributed by atoms with Crippen molar-refractivity contribution in [2.45, 2.75) is 19.4 Å². The highest BCUT2D eigenvalue weighted by Gasteiger charge is 2.17. The van der Waals surface area contributed by atoms with Gasteiger partial charge in [-0.25, -0.2) is 4.39 Å². The van der Waals surface area contributed by atoms with Gasteiger partial charge in [-0.1, -0.05) is 41.4 Å².